The molecule has 0 bridgehead atoms. The van der Waals surface area contributed by atoms with E-state index in [9.17, 15) is 0 Å². The maximum absolute atomic E-state index is 2.36. The van der Waals surface area contributed by atoms with Gasteiger partial charge >= 0.3 is 0 Å². The monoisotopic (exact) mass is 409 g/mol. The van der Waals surface area contributed by atoms with Crippen LogP contribution in [0.25, 0.3) is 0 Å². The molecule has 0 unspecified atom stereocenters. The molecule has 0 saturated heterocycles. The van der Waals surface area contributed by atoms with Gasteiger partial charge in [-0.25, -0.2) is 0 Å². The van der Waals surface area contributed by atoms with Crippen molar-refractivity contribution in [2.45, 2.75) is 33.9 Å². The van der Waals surface area contributed by atoms with E-state index in [-0.39, 0.29) is 0 Å². The number of hydrogen-bond acceptors (Lipinski definition) is 0. The topological polar surface area (TPSA) is 0 Å². The first-order valence-corrected chi connectivity index (χ1v) is 12.6. The van der Waals surface area contributed by atoms with E-state index < -0.39 is 7.26 Å². The number of benzene rings is 4. The van der Waals surface area contributed by atoms with Crippen LogP contribution < -0.4 is 15.9 Å². The van der Waals surface area contributed by atoms with Crippen LogP contribution in [-0.2, 0) is 6.16 Å². The van der Waals surface area contributed by atoms with Crippen LogP contribution in [0.5, 0.6) is 0 Å². The van der Waals surface area contributed by atoms with E-state index in [1.54, 1.807) is 0 Å². The van der Waals surface area contributed by atoms with E-state index in [1.165, 1.54) is 43.7 Å². The minimum absolute atomic E-state index is 1.03. The van der Waals surface area contributed by atoms with E-state index in [1.807, 2.05) is 0 Å². The zero-order chi connectivity index (χ0) is 21.1. The highest BCUT2D eigenvalue weighted by Crippen LogP contribution is 2.58. The molecule has 0 spiro atoms. The molecule has 0 aromatic heterocycles. The van der Waals surface area contributed by atoms with Gasteiger partial charge in [-0.15, -0.1) is 0 Å². The van der Waals surface area contributed by atoms with Crippen LogP contribution in [0.2, 0.25) is 0 Å². The molecule has 4 aromatic rings. The minimum atomic E-state index is -1.85. The third-order valence-corrected chi connectivity index (χ3v) is 10.3. The van der Waals surface area contributed by atoms with Crippen LogP contribution >= 0.6 is 7.26 Å². The molecule has 1 heteroatoms. The van der Waals surface area contributed by atoms with Crippen molar-refractivity contribution in [1.29, 1.82) is 0 Å². The molecule has 0 saturated carbocycles. The van der Waals surface area contributed by atoms with Gasteiger partial charge in [-0.1, -0.05) is 82.9 Å². The Kier molecular flexibility index (Phi) is 5.89. The first-order valence-electron chi connectivity index (χ1n) is 10.6. The van der Waals surface area contributed by atoms with E-state index in [0.29, 0.717) is 0 Å². The van der Waals surface area contributed by atoms with Crippen molar-refractivity contribution in [3.05, 3.63) is 125 Å². The highest BCUT2D eigenvalue weighted by Gasteiger charge is 2.45. The first kappa shape index (κ1) is 20.6. The molecule has 0 aliphatic heterocycles. The Hall–Kier alpha value is -2.69. The summed E-state index contributed by atoms with van der Waals surface area (Å²) in [6.45, 7) is 8.66. The lowest BCUT2D eigenvalue weighted by Gasteiger charge is -2.28. The van der Waals surface area contributed by atoms with Gasteiger partial charge in [0.05, 0.1) is 6.16 Å². The van der Waals surface area contributed by atoms with Crippen molar-refractivity contribution >= 4 is 23.2 Å². The number of hydrogen-bond donors (Lipinski definition) is 0. The van der Waals surface area contributed by atoms with Crippen LogP contribution in [0.1, 0.15) is 27.8 Å². The van der Waals surface area contributed by atoms with Crippen molar-refractivity contribution in [3.8, 4) is 0 Å². The quantitative estimate of drug-likeness (QED) is 0.334. The highest BCUT2D eigenvalue weighted by atomic mass is 31.2. The summed E-state index contributed by atoms with van der Waals surface area (Å²) in [5, 5.41) is 4.34. The first-order chi connectivity index (χ1) is 14.5. The molecular formula is C29H30P+. The van der Waals surface area contributed by atoms with Crippen molar-refractivity contribution in [2.75, 3.05) is 0 Å². The van der Waals surface area contributed by atoms with Crippen molar-refractivity contribution in [2.24, 2.45) is 0 Å². The van der Waals surface area contributed by atoms with E-state index in [0.717, 1.165) is 6.16 Å². The molecule has 0 atom stereocenters. The molecule has 0 N–H and O–H groups in total. The summed E-state index contributed by atoms with van der Waals surface area (Å²) in [6.07, 6.45) is 1.03. The van der Waals surface area contributed by atoms with Gasteiger partial charge in [0.25, 0.3) is 0 Å². The Morgan fingerprint density at radius 3 is 0.967 bits per heavy atom. The van der Waals surface area contributed by atoms with Crippen LogP contribution in [0.15, 0.2) is 97.1 Å². The van der Waals surface area contributed by atoms with Gasteiger partial charge in [0.2, 0.25) is 0 Å². The molecule has 0 aliphatic rings. The summed E-state index contributed by atoms with van der Waals surface area (Å²) in [4.78, 5) is 0. The molecule has 0 heterocycles. The van der Waals surface area contributed by atoms with Gasteiger partial charge < -0.3 is 0 Å². The lowest BCUT2D eigenvalue weighted by Crippen LogP contribution is -2.32. The zero-order valence-electron chi connectivity index (χ0n) is 18.4. The molecule has 0 aliphatic carbocycles. The Balaban J connectivity index is 2.00. The highest BCUT2D eigenvalue weighted by molar-refractivity contribution is 7.95. The van der Waals surface area contributed by atoms with Crippen LogP contribution in [0, 0.1) is 27.7 Å². The molecule has 30 heavy (non-hydrogen) atoms. The number of rotatable bonds is 5. The van der Waals surface area contributed by atoms with Gasteiger partial charge in [-0.2, -0.15) is 0 Å². The maximum atomic E-state index is 2.36. The van der Waals surface area contributed by atoms with Crippen LogP contribution in [-0.4, -0.2) is 0 Å². The fourth-order valence-corrected chi connectivity index (χ4v) is 8.26. The second-order valence-electron chi connectivity index (χ2n) is 8.46. The van der Waals surface area contributed by atoms with Gasteiger partial charge in [-0.05, 0) is 69.7 Å². The van der Waals surface area contributed by atoms with Gasteiger partial charge in [0.15, 0.2) is 0 Å². The molecule has 4 rings (SSSR count). The summed E-state index contributed by atoms with van der Waals surface area (Å²) in [6, 6.07) is 36.8. The standard InChI is InChI=1S/C29H30P/c1-22-5-13-26(14-6-22)21-30(27-15-7-23(2)8-16-27,28-17-9-24(3)10-18-28)29-19-11-25(4)12-20-29/h5-20H,21H2,1-4H3/q+1. The molecular weight excluding hydrogens is 379 g/mol. The van der Waals surface area contributed by atoms with E-state index >= 15 is 0 Å². The van der Waals surface area contributed by atoms with E-state index in [4.69, 9.17) is 0 Å². The Bertz CT molecular complexity index is 992. The third-order valence-electron chi connectivity index (χ3n) is 5.96. The SMILES string of the molecule is Cc1ccc(C[P+](c2ccc(C)cc2)(c2ccc(C)cc2)c2ccc(C)cc2)cc1. The van der Waals surface area contributed by atoms with Crippen LogP contribution in [0.3, 0.4) is 0 Å². The second-order valence-corrected chi connectivity index (χ2v) is 11.9. The summed E-state index contributed by atoms with van der Waals surface area (Å²) < 4.78 is 0. The lowest BCUT2D eigenvalue weighted by atomic mass is 10.2. The van der Waals surface area contributed by atoms with Crippen LogP contribution in [0.4, 0.5) is 0 Å². The van der Waals surface area contributed by atoms with Gasteiger partial charge in [0, 0.05) is 0 Å². The average Bonchev–Trinajstić information content (AvgIpc) is 2.75. The zero-order valence-corrected chi connectivity index (χ0v) is 19.3. The van der Waals surface area contributed by atoms with Gasteiger partial charge in [-0.3, -0.25) is 0 Å². The molecule has 0 fully saturated rings. The van der Waals surface area contributed by atoms with E-state index in [2.05, 4.69) is 125 Å². The molecule has 4 aromatic carbocycles. The Morgan fingerprint density at radius 1 is 0.400 bits per heavy atom. The predicted octanol–water partition coefficient (Wildman–Crippen LogP) is 6.41. The molecule has 0 radical (unpaired) electrons. The Morgan fingerprint density at radius 2 is 0.667 bits per heavy atom. The van der Waals surface area contributed by atoms with Crippen molar-refractivity contribution < 1.29 is 0 Å². The normalized spacial score (nSPS) is 11.5. The fourth-order valence-electron chi connectivity index (χ4n) is 4.09. The second kappa shape index (κ2) is 8.58. The fraction of sp³-hybridized carbons (Fsp3) is 0.172. The molecule has 0 amide bonds. The summed E-state index contributed by atoms with van der Waals surface area (Å²) in [5.74, 6) is 0. The van der Waals surface area contributed by atoms with Crippen molar-refractivity contribution in [3.63, 3.8) is 0 Å². The number of aryl methyl sites for hydroxylation is 4. The Labute approximate surface area is 182 Å². The van der Waals surface area contributed by atoms with Crippen molar-refractivity contribution in [1.82, 2.24) is 0 Å². The van der Waals surface area contributed by atoms with Gasteiger partial charge in [0.1, 0.15) is 23.2 Å². The maximum Gasteiger partial charge on any atom is 0.116 e. The third kappa shape index (κ3) is 4.11. The predicted molar refractivity (Wildman–Crippen MR) is 134 cm³/mol. The molecule has 0 nitrogen and oxygen atoms in total. The molecule has 150 valence electrons. The summed E-state index contributed by atoms with van der Waals surface area (Å²) in [5.41, 5.74) is 6.62. The summed E-state index contributed by atoms with van der Waals surface area (Å²) >= 11 is 0. The minimum Gasteiger partial charge on any atom is -0.0589 e. The summed E-state index contributed by atoms with van der Waals surface area (Å²) in [7, 11) is -1.85. The largest absolute Gasteiger partial charge is 0.116 e. The average molecular weight is 410 g/mol. The smallest absolute Gasteiger partial charge is 0.0589 e. The lowest BCUT2D eigenvalue weighted by molar-refractivity contribution is 1.35.